The topological polar surface area (TPSA) is 48.0 Å². The Balaban J connectivity index is 1.67. The molecule has 4 rings (SSSR count). The first-order valence-corrected chi connectivity index (χ1v) is 10.8. The fraction of sp³-hybridized carbons (Fsp3) is 0.280. The molecule has 3 aromatic rings. The van der Waals surface area contributed by atoms with E-state index in [1.54, 1.807) is 6.07 Å². The lowest BCUT2D eigenvalue weighted by Crippen LogP contribution is -2.34. The van der Waals surface area contributed by atoms with E-state index in [0.29, 0.717) is 17.1 Å². The van der Waals surface area contributed by atoms with E-state index in [1.165, 1.54) is 20.6 Å². The minimum Gasteiger partial charge on any atom is -0.493 e. The van der Waals surface area contributed by atoms with Crippen molar-refractivity contribution < 1.29 is 19.0 Å². The van der Waals surface area contributed by atoms with Gasteiger partial charge in [0.1, 0.15) is 4.99 Å². The van der Waals surface area contributed by atoms with Crippen LogP contribution in [0.1, 0.15) is 35.2 Å². The second-order valence-corrected chi connectivity index (χ2v) is 7.87. The second-order valence-electron chi connectivity index (χ2n) is 7.48. The number of piperidine rings is 1. The lowest BCUT2D eigenvalue weighted by Gasteiger charge is -2.29. The van der Waals surface area contributed by atoms with Gasteiger partial charge in [-0.3, -0.25) is 0 Å². The molecule has 5 nitrogen and oxygen atoms in total. The average Bonchev–Trinajstić information content (AvgIpc) is 2.83. The molecule has 1 aliphatic heterocycles. The van der Waals surface area contributed by atoms with Gasteiger partial charge in [-0.1, -0.05) is 48.6 Å². The number of thiocarbonyl (C=S) groups is 1. The number of methoxy groups -OCH3 is 2. The van der Waals surface area contributed by atoms with Crippen LogP contribution >= 0.6 is 12.2 Å². The highest BCUT2D eigenvalue weighted by atomic mass is 32.1. The molecule has 0 aromatic heterocycles. The van der Waals surface area contributed by atoms with Gasteiger partial charge >= 0.3 is 5.97 Å². The number of rotatable bonds is 5. The fourth-order valence-electron chi connectivity index (χ4n) is 3.93. The number of fused-ring (bicyclic) bond motifs is 1. The molecule has 1 heterocycles. The molecule has 0 spiro atoms. The van der Waals surface area contributed by atoms with Crippen LogP contribution in [0, 0.1) is 0 Å². The third-order valence-electron chi connectivity index (χ3n) is 5.56. The first kappa shape index (κ1) is 21.1. The van der Waals surface area contributed by atoms with E-state index in [4.69, 9.17) is 26.4 Å². The number of esters is 1. The van der Waals surface area contributed by atoms with Crippen LogP contribution in [-0.4, -0.2) is 43.2 Å². The first-order chi connectivity index (χ1) is 15.1. The quantitative estimate of drug-likeness (QED) is 0.310. The Morgan fingerprint density at radius 1 is 0.903 bits per heavy atom. The van der Waals surface area contributed by atoms with Crippen LogP contribution in [0.4, 0.5) is 0 Å². The molecule has 0 atom stereocenters. The average molecular weight is 436 g/mol. The van der Waals surface area contributed by atoms with Crippen molar-refractivity contribution in [3.8, 4) is 17.2 Å². The molecule has 0 radical (unpaired) electrons. The van der Waals surface area contributed by atoms with Crippen LogP contribution in [0.2, 0.25) is 0 Å². The number of benzene rings is 3. The third-order valence-corrected chi connectivity index (χ3v) is 6.05. The maximum absolute atomic E-state index is 13.1. The van der Waals surface area contributed by atoms with Gasteiger partial charge in [-0.2, -0.15) is 0 Å². The molecule has 1 saturated heterocycles. The minimum absolute atomic E-state index is 0.244. The van der Waals surface area contributed by atoms with Crippen molar-refractivity contribution >= 4 is 33.9 Å². The second kappa shape index (κ2) is 9.35. The Hall–Kier alpha value is -3.12. The zero-order valence-electron chi connectivity index (χ0n) is 17.7. The SMILES string of the molecule is COc1cc(C(=S)N2CCCCC2)cc(OC)c1OC(=O)c1cccc2ccccc12. The molecule has 0 saturated carbocycles. The molecule has 0 aliphatic carbocycles. The summed E-state index contributed by atoms with van der Waals surface area (Å²) < 4.78 is 16.9. The molecule has 31 heavy (non-hydrogen) atoms. The number of carbonyl (C=O) groups excluding carboxylic acids is 1. The Morgan fingerprint density at radius 3 is 2.23 bits per heavy atom. The van der Waals surface area contributed by atoms with E-state index in [9.17, 15) is 4.79 Å². The maximum Gasteiger partial charge on any atom is 0.344 e. The highest BCUT2D eigenvalue weighted by molar-refractivity contribution is 7.80. The molecule has 0 amide bonds. The molecular weight excluding hydrogens is 410 g/mol. The van der Waals surface area contributed by atoms with Crippen molar-refractivity contribution in [2.75, 3.05) is 27.3 Å². The summed E-state index contributed by atoms with van der Waals surface area (Å²) in [5.74, 6) is 0.581. The normalized spacial score (nSPS) is 13.7. The van der Waals surface area contributed by atoms with Gasteiger partial charge in [0.15, 0.2) is 11.5 Å². The molecule has 160 valence electrons. The van der Waals surface area contributed by atoms with Crippen molar-refractivity contribution in [3.05, 3.63) is 65.7 Å². The molecule has 3 aromatic carbocycles. The van der Waals surface area contributed by atoms with Gasteiger partial charge < -0.3 is 19.1 Å². The Bertz CT molecular complexity index is 1090. The van der Waals surface area contributed by atoms with Crippen LogP contribution < -0.4 is 14.2 Å². The van der Waals surface area contributed by atoms with Crippen LogP contribution in [0.5, 0.6) is 17.2 Å². The van der Waals surface area contributed by atoms with E-state index in [1.807, 2.05) is 48.5 Å². The van der Waals surface area contributed by atoms with Crippen LogP contribution in [0.15, 0.2) is 54.6 Å². The zero-order valence-corrected chi connectivity index (χ0v) is 18.5. The van der Waals surface area contributed by atoms with E-state index in [-0.39, 0.29) is 5.75 Å². The molecular formula is C25H25NO4S. The number of ether oxygens (including phenoxy) is 3. The highest BCUT2D eigenvalue weighted by Crippen LogP contribution is 2.40. The van der Waals surface area contributed by atoms with Crippen molar-refractivity contribution in [2.45, 2.75) is 19.3 Å². The number of hydrogen-bond donors (Lipinski definition) is 0. The first-order valence-electron chi connectivity index (χ1n) is 10.4. The Kier molecular flexibility index (Phi) is 6.37. The molecule has 1 aliphatic rings. The zero-order chi connectivity index (χ0) is 21.8. The van der Waals surface area contributed by atoms with Crippen LogP contribution in [0.25, 0.3) is 10.8 Å². The summed E-state index contributed by atoms with van der Waals surface area (Å²) in [7, 11) is 3.08. The largest absolute Gasteiger partial charge is 0.493 e. The summed E-state index contributed by atoms with van der Waals surface area (Å²) in [5, 5.41) is 1.80. The van der Waals surface area contributed by atoms with Crippen molar-refractivity contribution in [1.82, 2.24) is 4.90 Å². The van der Waals surface area contributed by atoms with Gasteiger partial charge in [0, 0.05) is 18.7 Å². The van der Waals surface area contributed by atoms with Gasteiger partial charge in [0.2, 0.25) is 5.75 Å². The molecule has 0 N–H and O–H groups in total. The minimum atomic E-state index is -0.472. The predicted octanol–water partition coefficient (Wildman–Crippen LogP) is 5.24. The molecule has 0 bridgehead atoms. The standard InChI is InChI=1S/C25H25NO4S/c1-28-21-15-18(24(31)26-13-6-3-7-14-26)16-22(29-2)23(21)30-25(27)20-12-8-10-17-9-4-5-11-19(17)20/h4-5,8-12,15-16H,3,6-7,13-14H2,1-2H3. The lowest BCUT2D eigenvalue weighted by atomic mass is 10.0. The number of carbonyl (C=O) groups is 1. The van der Waals surface area contributed by atoms with Crippen molar-refractivity contribution in [1.29, 1.82) is 0 Å². The van der Waals surface area contributed by atoms with Gasteiger partial charge in [0.05, 0.1) is 19.8 Å². The molecule has 6 heteroatoms. The predicted molar refractivity (Wildman–Crippen MR) is 126 cm³/mol. The number of likely N-dealkylation sites (tertiary alicyclic amines) is 1. The maximum atomic E-state index is 13.1. The Labute approximate surface area is 187 Å². The third kappa shape index (κ3) is 4.35. The van der Waals surface area contributed by atoms with Crippen molar-refractivity contribution in [2.24, 2.45) is 0 Å². The summed E-state index contributed by atoms with van der Waals surface area (Å²) in [4.78, 5) is 16.0. The lowest BCUT2D eigenvalue weighted by molar-refractivity contribution is 0.0726. The number of nitrogens with zero attached hydrogens (tertiary/aromatic N) is 1. The van der Waals surface area contributed by atoms with Crippen LogP contribution in [-0.2, 0) is 0 Å². The van der Waals surface area contributed by atoms with Gasteiger partial charge in [-0.25, -0.2) is 4.79 Å². The van der Waals surface area contributed by atoms with Gasteiger partial charge in [-0.05, 0) is 48.2 Å². The smallest absolute Gasteiger partial charge is 0.344 e. The van der Waals surface area contributed by atoms with Crippen molar-refractivity contribution in [3.63, 3.8) is 0 Å². The monoisotopic (exact) mass is 435 g/mol. The summed E-state index contributed by atoms with van der Waals surface area (Å²) >= 11 is 5.72. The summed E-state index contributed by atoms with van der Waals surface area (Å²) in [6.45, 7) is 1.89. The van der Waals surface area contributed by atoms with E-state index >= 15 is 0 Å². The highest BCUT2D eigenvalue weighted by Gasteiger charge is 2.23. The van der Waals surface area contributed by atoms with E-state index in [2.05, 4.69) is 4.90 Å². The van der Waals surface area contributed by atoms with E-state index < -0.39 is 5.97 Å². The summed E-state index contributed by atoms with van der Waals surface area (Å²) in [5.41, 5.74) is 1.30. The van der Waals surface area contributed by atoms with Gasteiger partial charge in [0.25, 0.3) is 0 Å². The Morgan fingerprint density at radius 2 is 1.55 bits per heavy atom. The molecule has 1 fully saturated rings. The summed E-state index contributed by atoms with van der Waals surface area (Å²) in [6, 6.07) is 16.9. The van der Waals surface area contributed by atoms with Gasteiger partial charge in [-0.15, -0.1) is 0 Å². The fourth-order valence-corrected chi connectivity index (χ4v) is 4.24. The van der Waals surface area contributed by atoms with E-state index in [0.717, 1.165) is 47.3 Å². The van der Waals surface area contributed by atoms with Crippen LogP contribution in [0.3, 0.4) is 0 Å². The number of hydrogen-bond acceptors (Lipinski definition) is 5. The molecule has 0 unspecified atom stereocenters. The summed E-state index contributed by atoms with van der Waals surface area (Å²) in [6.07, 6.45) is 3.50.